The number of H-pyrrole nitrogens is 1. The number of hydrogen-bond acceptors (Lipinski definition) is 4. The van der Waals surface area contributed by atoms with Crippen LogP contribution in [-0.2, 0) is 9.59 Å². The first-order valence-corrected chi connectivity index (χ1v) is 12.4. The van der Waals surface area contributed by atoms with Crippen molar-refractivity contribution in [2.45, 2.75) is 32.7 Å². The normalized spacial score (nSPS) is 17.2. The lowest BCUT2D eigenvalue weighted by Gasteiger charge is -2.26. The number of aromatic nitrogens is 1. The van der Waals surface area contributed by atoms with E-state index in [1.54, 1.807) is 43.5 Å². The Bertz CT molecular complexity index is 1570. The third-order valence-electron chi connectivity index (χ3n) is 6.89. The summed E-state index contributed by atoms with van der Waals surface area (Å²) >= 11 is 6.11. The number of Topliss-reactive ketones (excluding diaryl/α,β-unsaturated/α-hetero) is 1. The number of aromatic amines is 1. The van der Waals surface area contributed by atoms with Crippen molar-refractivity contribution in [3.8, 4) is 5.75 Å². The van der Waals surface area contributed by atoms with Crippen molar-refractivity contribution in [2.24, 2.45) is 0 Å². The minimum atomic E-state index is -0.845. The molecule has 2 heterocycles. The van der Waals surface area contributed by atoms with Crippen LogP contribution in [-0.4, -0.2) is 28.9 Å². The first-order valence-electron chi connectivity index (χ1n) is 12.0. The van der Waals surface area contributed by atoms with E-state index in [-0.39, 0.29) is 17.3 Å². The number of methoxy groups -OCH3 is 1. The highest BCUT2D eigenvalue weighted by Crippen LogP contribution is 2.46. The molecule has 1 unspecified atom stereocenters. The summed E-state index contributed by atoms with van der Waals surface area (Å²) in [5, 5.41) is 13.0. The van der Waals surface area contributed by atoms with Gasteiger partial charge in [-0.2, -0.15) is 0 Å². The highest BCUT2D eigenvalue weighted by Gasteiger charge is 2.48. The van der Waals surface area contributed by atoms with Crippen molar-refractivity contribution in [1.29, 1.82) is 0 Å². The number of para-hydroxylation sites is 1. The van der Waals surface area contributed by atoms with E-state index in [0.29, 0.717) is 22.0 Å². The number of ether oxygens (including phenoxy) is 1. The molecule has 3 aromatic carbocycles. The molecule has 6 nitrogen and oxygen atoms in total. The third-order valence-corrected chi connectivity index (χ3v) is 7.14. The van der Waals surface area contributed by atoms with Gasteiger partial charge in [0.1, 0.15) is 11.5 Å². The van der Waals surface area contributed by atoms with Gasteiger partial charge in [0.2, 0.25) is 0 Å². The number of amides is 1. The van der Waals surface area contributed by atoms with Crippen molar-refractivity contribution >= 4 is 45.6 Å². The lowest BCUT2D eigenvalue weighted by molar-refractivity contribution is -0.132. The summed E-state index contributed by atoms with van der Waals surface area (Å²) in [5.41, 5.74) is 4.31. The topological polar surface area (TPSA) is 82.6 Å². The molecule has 7 heteroatoms. The van der Waals surface area contributed by atoms with Crippen LogP contribution in [0.2, 0.25) is 5.02 Å². The highest BCUT2D eigenvalue weighted by molar-refractivity contribution is 6.52. The Kier molecular flexibility index (Phi) is 6.30. The Balaban J connectivity index is 1.80. The number of halogens is 1. The second-order valence-corrected chi connectivity index (χ2v) is 9.90. The van der Waals surface area contributed by atoms with E-state index < -0.39 is 17.7 Å². The number of carbonyl (C=O) groups is 2. The van der Waals surface area contributed by atoms with Crippen LogP contribution in [0.5, 0.6) is 5.75 Å². The van der Waals surface area contributed by atoms with Gasteiger partial charge in [-0.3, -0.25) is 14.5 Å². The van der Waals surface area contributed by atoms with Gasteiger partial charge in [0, 0.05) is 38.4 Å². The number of hydrogen-bond donors (Lipinski definition) is 2. The maximum atomic E-state index is 13.6. The van der Waals surface area contributed by atoms with E-state index in [0.717, 1.165) is 27.7 Å². The van der Waals surface area contributed by atoms with Crippen molar-refractivity contribution < 1.29 is 19.4 Å². The number of aliphatic hydroxyl groups is 1. The number of aliphatic hydroxyl groups excluding tert-OH is 1. The molecule has 1 aliphatic heterocycles. The molecule has 0 saturated carbocycles. The smallest absolute Gasteiger partial charge is 0.300 e. The number of ketones is 1. The van der Waals surface area contributed by atoms with Crippen LogP contribution in [0.25, 0.3) is 16.7 Å². The molecule has 2 N–H and O–H groups in total. The number of rotatable bonds is 5. The molecule has 1 amide bonds. The van der Waals surface area contributed by atoms with Gasteiger partial charge in [-0.1, -0.05) is 43.6 Å². The lowest BCUT2D eigenvalue weighted by atomic mass is 9.91. The quantitative estimate of drug-likeness (QED) is 0.172. The van der Waals surface area contributed by atoms with E-state index in [1.807, 2.05) is 51.1 Å². The molecule has 37 heavy (non-hydrogen) atoms. The number of aryl methyl sites for hydroxylation is 1. The predicted octanol–water partition coefficient (Wildman–Crippen LogP) is 6.89. The fraction of sp³-hybridized carbons (Fsp3) is 0.200. The lowest BCUT2D eigenvalue weighted by Crippen LogP contribution is -2.29. The second-order valence-electron chi connectivity index (χ2n) is 9.47. The standard InChI is InChI=1S/C30H27ClN2O4/c1-16(2)22-15-18(9-14-24(22)37-4)28(34)26-27(25-17(3)32-23-8-6-5-7-21(23)25)33(30(36)29(26)35)20-12-10-19(31)11-13-20/h5-16,27,32,34H,1-4H3/b28-26+. The highest BCUT2D eigenvalue weighted by atomic mass is 35.5. The Labute approximate surface area is 220 Å². The zero-order valence-electron chi connectivity index (χ0n) is 21.0. The van der Waals surface area contributed by atoms with Gasteiger partial charge >= 0.3 is 0 Å². The molecular formula is C30H27ClN2O4. The van der Waals surface area contributed by atoms with Crippen LogP contribution in [0, 0.1) is 6.92 Å². The van der Waals surface area contributed by atoms with E-state index >= 15 is 0 Å². The van der Waals surface area contributed by atoms with Crippen LogP contribution in [0.15, 0.2) is 72.3 Å². The van der Waals surface area contributed by atoms with Crippen molar-refractivity contribution in [3.05, 3.63) is 99.7 Å². The first-order chi connectivity index (χ1) is 17.7. The summed E-state index contributed by atoms with van der Waals surface area (Å²) in [6.07, 6.45) is 0. The zero-order valence-corrected chi connectivity index (χ0v) is 21.8. The molecule has 5 rings (SSSR count). The van der Waals surface area contributed by atoms with Crippen molar-refractivity contribution in [3.63, 3.8) is 0 Å². The van der Waals surface area contributed by atoms with Crippen LogP contribution >= 0.6 is 11.6 Å². The minimum absolute atomic E-state index is 0.0349. The molecular weight excluding hydrogens is 488 g/mol. The van der Waals surface area contributed by atoms with Gasteiger partial charge in [0.05, 0.1) is 18.7 Å². The predicted molar refractivity (Wildman–Crippen MR) is 146 cm³/mol. The average molecular weight is 515 g/mol. The van der Waals surface area contributed by atoms with Gasteiger partial charge in [0.15, 0.2) is 0 Å². The van der Waals surface area contributed by atoms with E-state index in [1.165, 1.54) is 4.90 Å². The Hall–Kier alpha value is -4.03. The number of nitrogens with one attached hydrogen (secondary N) is 1. The molecule has 1 saturated heterocycles. The number of fused-ring (bicyclic) bond motifs is 1. The largest absolute Gasteiger partial charge is 0.507 e. The van der Waals surface area contributed by atoms with Gasteiger partial charge in [0.25, 0.3) is 11.7 Å². The van der Waals surface area contributed by atoms with Crippen LogP contribution in [0.4, 0.5) is 5.69 Å². The SMILES string of the molecule is COc1ccc(/C(O)=C2\C(=O)C(=O)N(c3ccc(Cl)cc3)C2c2c(C)[nH]c3ccccc23)cc1C(C)C. The van der Waals surface area contributed by atoms with E-state index in [4.69, 9.17) is 16.3 Å². The summed E-state index contributed by atoms with van der Waals surface area (Å²) in [7, 11) is 1.60. The maximum absolute atomic E-state index is 13.6. The molecule has 0 spiro atoms. The molecule has 0 radical (unpaired) electrons. The molecule has 1 aliphatic rings. The van der Waals surface area contributed by atoms with Gasteiger partial charge < -0.3 is 14.8 Å². The fourth-order valence-electron chi connectivity index (χ4n) is 5.11. The molecule has 4 aromatic rings. The maximum Gasteiger partial charge on any atom is 0.300 e. The number of nitrogens with zero attached hydrogens (tertiary/aromatic N) is 1. The van der Waals surface area contributed by atoms with Crippen LogP contribution in [0.3, 0.4) is 0 Å². The Morgan fingerprint density at radius 3 is 2.43 bits per heavy atom. The second kappa shape index (κ2) is 9.45. The molecule has 1 atom stereocenters. The minimum Gasteiger partial charge on any atom is -0.507 e. The van der Waals surface area contributed by atoms with Crippen molar-refractivity contribution in [2.75, 3.05) is 12.0 Å². The molecule has 0 bridgehead atoms. The number of benzene rings is 3. The summed E-state index contributed by atoms with van der Waals surface area (Å²) in [6, 6.07) is 18.9. The fourth-order valence-corrected chi connectivity index (χ4v) is 5.24. The van der Waals surface area contributed by atoms with Gasteiger partial charge in [-0.15, -0.1) is 0 Å². The van der Waals surface area contributed by atoms with Crippen LogP contribution in [0.1, 0.15) is 48.2 Å². The van der Waals surface area contributed by atoms with Crippen molar-refractivity contribution in [1.82, 2.24) is 4.98 Å². The first kappa shape index (κ1) is 24.7. The van der Waals surface area contributed by atoms with E-state index in [2.05, 4.69) is 4.98 Å². The Morgan fingerprint density at radius 1 is 1.05 bits per heavy atom. The van der Waals surface area contributed by atoms with E-state index in [9.17, 15) is 14.7 Å². The van der Waals surface area contributed by atoms with Gasteiger partial charge in [-0.25, -0.2) is 0 Å². The average Bonchev–Trinajstić information content (AvgIpc) is 3.35. The Morgan fingerprint density at radius 2 is 1.76 bits per heavy atom. The van der Waals surface area contributed by atoms with Gasteiger partial charge in [-0.05, 0) is 66.9 Å². The zero-order chi connectivity index (χ0) is 26.4. The molecule has 1 fully saturated rings. The summed E-state index contributed by atoms with van der Waals surface area (Å²) < 4.78 is 5.49. The molecule has 0 aliphatic carbocycles. The number of anilines is 1. The summed E-state index contributed by atoms with van der Waals surface area (Å²) in [6.45, 7) is 5.95. The molecule has 1 aromatic heterocycles. The monoisotopic (exact) mass is 514 g/mol. The summed E-state index contributed by atoms with van der Waals surface area (Å²) in [4.78, 5) is 31.9. The third kappa shape index (κ3) is 4.07. The molecule has 188 valence electrons. The van der Waals surface area contributed by atoms with Crippen LogP contribution < -0.4 is 9.64 Å². The summed E-state index contributed by atoms with van der Waals surface area (Å²) in [5.74, 6) is -0.878. The number of carbonyl (C=O) groups excluding carboxylic acids is 2.